The normalized spacial score (nSPS) is 21.4. The number of rotatable bonds is 8. The fraction of sp³-hybridized carbons (Fsp3) is 0.172. The standard InChI is InChI=1S/C64H51N5O/c1-2-13-48(14-3-1)66-41-67(61-24-11-10-23-60(61)66)50-15-12-16-51(39-50)70-52-29-30-56-55-19-6-9-22-59(55)69(62(56)40-52)63-38-45(31-32-65-63)64(46-34-42-33-43(36-46)37-47(64)35-42)44-25-27-49(28-26-44)68-57-20-7-4-17-53(57)54-18-5-8-21-58(54)68/h1-32,38-40,42-43,46-47H,33-37,41H2. The Bertz CT molecular complexity index is 3750. The second-order valence-corrected chi connectivity index (χ2v) is 20.4. The Morgan fingerprint density at radius 2 is 0.957 bits per heavy atom. The van der Waals surface area contributed by atoms with Crippen LogP contribution < -0.4 is 14.5 Å². The van der Waals surface area contributed by atoms with Gasteiger partial charge in [0, 0.05) is 62.4 Å². The molecule has 4 heterocycles. The predicted octanol–water partition coefficient (Wildman–Crippen LogP) is 16.1. The van der Waals surface area contributed by atoms with Gasteiger partial charge < -0.3 is 19.1 Å². The fourth-order valence-corrected chi connectivity index (χ4v) is 14.3. The van der Waals surface area contributed by atoms with E-state index in [1.807, 2.05) is 0 Å². The minimum absolute atomic E-state index is 0.101. The maximum absolute atomic E-state index is 6.84. The molecule has 0 spiro atoms. The molecule has 0 unspecified atom stereocenters. The first-order valence-corrected chi connectivity index (χ1v) is 25.2. The van der Waals surface area contributed by atoms with Crippen LogP contribution in [0.15, 0.2) is 212 Å². The van der Waals surface area contributed by atoms with Gasteiger partial charge in [0.1, 0.15) is 24.0 Å². The molecule has 5 aliphatic rings. The molecule has 4 fully saturated rings. The van der Waals surface area contributed by atoms with Crippen molar-refractivity contribution in [3.05, 3.63) is 224 Å². The number of ether oxygens (including phenoxy) is 1. The Kier molecular flexibility index (Phi) is 8.80. The van der Waals surface area contributed by atoms with Gasteiger partial charge in [0.05, 0.1) is 33.4 Å². The lowest BCUT2D eigenvalue weighted by molar-refractivity contribution is -0.0418. The van der Waals surface area contributed by atoms with Crippen molar-refractivity contribution in [2.45, 2.75) is 37.5 Å². The highest BCUT2D eigenvalue weighted by atomic mass is 16.5. The van der Waals surface area contributed by atoms with Crippen LogP contribution in [0.5, 0.6) is 11.5 Å². The first-order valence-electron chi connectivity index (χ1n) is 25.2. The first-order chi connectivity index (χ1) is 34.7. The molecule has 11 aromatic rings. The summed E-state index contributed by atoms with van der Waals surface area (Å²) < 4.78 is 11.7. The monoisotopic (exact) mass is 905 g/mol. The highest BCUT2D eigenvalue weighted by molar-refractivity contribution is 6.10. The van der Waals surface area contributed by atoms with Crippen molar-refractivity contribution in [2.24, 2.45) is 23.7 Å². The van der Waals surface area contributed by atoms with Gasteiger partial charge >= 0.3 is 0 Å². The van der Waals surface area contributed by atoms with Gasteiger partial charge in [-0.3, -0.25) is 4.57 Å². The molecule has 8 aromatic carbocycles. The molecule has 0 amide bonds. The third-order valence-electron chi connectivity index (χ3n) is 16.9. The predicted molar refractivity (Wildman–Crippen MR) is 286 cm³/mol. The van der Waals surface area contributed by atoms with Gasteiger partial charge in [-0.2, -0.15) is 0 Å². The summed E-state index contributed by atoms with van der Waals surface area (Å²) in [5.74, 6) is 5.38. The molecule has 70 heavy (non-hydrogen) atoms. The number of benzene rings is 8. The number of hydrogen-bond acceptors (Lipinski definition) is 4. The van der Waals surface area contributed by atoms with Crippen LogP contribution in [0.3, 0.4) is 0 Å². The smallest absolute Gasteiger partial charge is 0.137 e. The molecule has 1 aliphatic heterocycles. The number of para-hydroxylation sites is 6. The number of nitrogens with zero attached hydrogens (tertiary/aromatic N) is 5. The van der Waals surface area contributed by atoms with E-state index >= 15 is 0 Å². The summed E-state index contributed by atoms with van der Waals surface area (Å²) in [5, 5.41) is 4.98. The Morgan fingerprint density at radius 1 is 0.400 bits per heavy atom. The van der Waals surface area contributed by atoms with Crippen LogP contribution >= 0.6 is 0 Å². The van der Waals surface area contributed by atoms with E-state index in [4.69, 9.17) is 9.72 Å². The van der Waals surface area contributed by atoms with Gasteiger partial charge in [0.15, 0.2) is 0 Å². The lowest BCUT2D eigenvalue weighted by atomic mass is 9.42. The van der Waals surface area contributed by atoms with E-state index in [1.165, 1.54) is 98.6 Å². The number of fused-ring (bicyclic) bond motifs is 7. The summed E-state index contributed by atoms with van der Waals surface area (Å²) >= 11 is 0. The third-order valence-corrected chi connectivity index (χ3v) is 16.9. The quantitative estimate of drug-likeness (QED) is 0.152. The summed E-state index contributed by atoms with van der Waals surface area (Å²) in [6, 6.07) is 75.4. The third kappa shape index (κ3) is 5.95. The Labute approximate surface area is 407 Å². The van der Waals surface area contributed by atoms with Gasteiger partial charge in [0.2, 0.25) is 0 Å². The molecule has 0 N–H and O–H groups in total. The summed E-state index contributed by atoms with van der Waals surface area (Å²) in [7, 11) is 0. The van der Waals surface area contributed by atoms with Crippen molar-refractivity contribution in [3.63, 3.8) is 0 Å². The van der Waals surface area contributed by atoms with Gasteiger partial charge in [-0.25, -0.2) is 4.98 Å². The topological polar surface area (TPSA) is 38.5 Å². The van der Waals surface area contributed by atoms with Crippen LogP contribution in [0.2, 0.25) is 0 Å². The maximum Gasteiger partial charge on any atom is 0.137 e. The Morgan fingerprint density at radius 3 is 1.63 bits per heavy atom. The molecule has 0 radical (unpaired) electrons. The lowest BCUT2D eigenvalue weighted by Crippen LogP contribution is -2.56. The molecule has 338 valence electrons. The van der Waals surface area contributed by atoms with E-state index in [9.17, 15) is 0 Å². The molecule has 4 bridgehead atoms. The van der Waals surface area contributed by atoms with Crippen LogP contribution in [-0.4, -0.2) is 20.8 Å². The van der Waals surface area contributed by atoms with Crippen molar-refractivity contribution < 1.29 is 4.74 Å². The zero-order valence-electron chi connectivity index (χ0n) is 38.9. The van der Waals surface area contributed by atoms with Crippen LogP contribution in [-0.2, 0) is 5.41 Å². The second-order valence-electron chi connectivity index (χ2n) is 20.4. The van der Waals surface area contributed by atoms with E-state index in [-0.39, 0.29) is 5.41 Å². The minimum atomic E-state index is -0.101. The van der Waals surface area contributed by atoms with E-state index in [0.29, 0.717) is 18.5 Å². The van der Waals surface area contributed by atoms with E-state index in [1.54, 1.807) is 0 Å². The minimum Gasteiger partial charge on any atom is -0.457 e. The van der Waals surface area contributed by atoms with E-state index < -0.39 is 0 Å². The SMILES string of the molecule is c1ccc(N2CN(c3cccc(Oc4ccc5c6ccccc6n(-c6cc(C7(c8ccc(-n9c%10ccccc%10c%10ccccc%109)cc8)C8CC9CC(C8)CC7C9)ccn6)c5c4)c3)c3ccccc32)cc1. The second kappa shape index (κ2) is 15.5. The molecule has 6 heteroatoms. The molecular formula is C64H51N5O. The summed E-state index contributed by atoms with van der Waals surface area (Å²) in [6.07, 6.45) is 8.69. The summed E-state index contributed by atoms with van der Waals surface area (Å²) in [5.41, 5.74) is 13.3. The summed E-state index contributed by atoms with van der Waals surface area (Å²) in [6.45, 7) is 0.711. The molecule has 3 aromatic heterocycles. The average molecular weight is 906 g/mol. The van der Waals surface area contributed by atoms with Crippen molar-refractivity contribution in [1.82, 2.24) is 14.1 Å². The average Bonchev–Trinajstić information content (AvgIpc) is 4.07. The van der Waals surface area contributed by atoms with Crippen LogP contribution in [0.1, 0.15) is 43.2 Å². The van der Waals surface area contributed by atoms with Crippen molar-refractivity contribution in [1.29, 1.82) is 0 Å². The van der Waals surface area contributed by atoms with Crippen LogP contribution in [0, 0.1) is 23.7 Å². The highest BCUT2D eigenvalue weighted by Crippen LogP contribution is 2.65. The van der Waals surface area contributed by atoms with Crippen molar-refractivity contribution in [3.8, 4) is 23.0 Å². The molecule has 0 atom stereocenters. The molecule has 0 saturated heterocycles. The Balaban J connectivity index is 0.818. The van der Waals surface area contributed by atoms with Gasteiger partial charge in [-0.1, -0.05) is 103 Å². The molecule has 4 saturated carbocycles. The lowest BCUT2D eigenvalue weighted by Gasteiger charge is -2.62. The van der Waals surface area contributed by atoms with Gasteiger partial charge in [-0.15, -0.1) is 0 Å². The largest absolute Gasteiger partial charge is 0.457 e. The molecule has 4 aliphatic carbocycles. The molecule has 6 nitrogen and oxygen atoms in total. The first kappa shape index (κ1) is 39.9. The van der Waals surface area contributed by atoms with Crippen LogP contribution in [0.4, 0.5) is 22.7 Å². The van der Waals surface area contributed by atoms with Gasteiger partial charge in [0.25, 0.3) is 0 Å². The van der Waals surface area contributed by atoms with Crippen molar-refractivity contribution in [2.75, 3.05) is 16.5 Å². The van der Waals surface area contributed by atoms with E-state index in [0.717, 1.165) is 45.9 Å². The zero-order valence-corrected chi connectivity index (χ0v) is 38.9. The number of aromatic nitrogens is 3. The maximum atomic E-state index is 6.84. The summed E-state index contributed by atoms with van der Waals surface area (Å²) in [4.78, 5) is 9.98. The van der Waals surface area contributed by atoms with Crippen LogP contribution in [0.25, 0.3) is 55.1 Å². The number of pyridine rings is 1. The number of anilines is 4. The number of hydrogen-bond donors (Lipinski definition) is 0. The molecule has 16 rings (SSSR count). The fourth-order valence-electron chi connectivity index (χ4n) is 14.3. The van der Waals surface area contributed by atoms with Gasteiger partial charge in [-0.05, 0) is 158 Å². The molecular weight excluding hydrogens is 855 g/mol. The van der Waals surface area contributed by atoms with E-state index in [2.05, 4.69) is 231 Å². The Hall–Kier alpha value is -8.09. The highest BCUT2D eigenvalue weighted by Gasteiger charge is 2.58. The zero-order chi connectivity index (χ0) is 45.9. The van der Waals surface area contributed by atoms with Crippen molar-refractivity contribution >= 4 is 66.4 Å².